The zero-order valence-corrected chi connectivity index (χ0v) is 31.5. The Morgan fingerprint density at radius 3 is 1.77 bits per heavy atom. The summed E-state index contributed by atoms with van der Waals surface area (Å²) >= 11 is 0. The maximum absolute atomic E-state index is 5.22. The Balaban J connectivity index is 1.14. The van der Waals surface area contributed by atoms with Gasteiger partial charge in [-0.15, -0.1) is 0 Å². The lowest BCUT2D eigenvalue weighted by Gasteiger charge is -2.12. The van der Waals surface area contributed by atoms with E-state index in [1.807, 2.05) is 30.3 Å². The largest absolute Gasteiger partial charge is 0.309 e. The van der Waals surface area contributed by atoms with Gasteiger partial charge in [-0.3, -0.25) is 4.57 Å². The van der Waals surface area contributed by atoms with Crippen LogP contribution in [0.3, 0.4) is 0 Å². The van der Waals surface area contributed by atoms with E-state index in [9.17, 15) is 0 Å². The third-order valence-corrected chi connectivity index (χ3v) is 10.9. The number of para-hydroxylation sites is 1. The number of hydrogen-bond donors (Lipinski definition) is 0. The van der Waals surface area contributed by atoms with Gasteiger partial charge in [0.2, 0.25) is 0 Å². The maximum Gasteiger partial charge on any atom is 0.162 e. The molecule has 10 aromatic rings. The van der Waals surface area contributed by atoms with Gasteiger partial charge in [-0.05, 0) is 71.7 Å². The summed E-state index contributed by atoms with van der Waals surface area (Å²) in [5.74, 6) is 1.52. The average Bonchev–Trinajstić information content (AvgIpc) is 3.78. The molecule has 270 valence electrons. The second kappa shape index (κ2) is 14.3. The number of rotatable bonds is 8. The highest BCUT2D eigenvalue weighted by atomic mass is 15.1. The first-order valence-corrected chi connectivity index (χ1v) is 19.3. The second-order valence-corrected chi connectivity index (χ2v) is 14.2. The van der Waals surface area contributed by atoms with Crippen molar-refractivity contribution in [3.63, 3.8) is 0 Å². The molecule has 3 aromatic heterocycles. The molecule has 0 saturated carbocycles. The van der Waals surface area contributed by atoms with E-state index < -0.39 is 0 Å². The first-order valence-electron chi connectivity index (χ1n) is 19.3. The van der Waals surface area contributed by atoms with Crippen LogP contribution in [0.25, 0.3) is 101 Å². The smallest absolute Gasteiger partial charge is 0.162 e. The van der Waals surface area contributed by atoms with Crippen LogP contribution in [0, 0.1) is 0 Å². The van der Waals surface area contributed by atoms with E-state index in [2.05, 4.69) is 193 Å². The zero-order valence-electron chi connectivity index (χ0n) is 31.5. The van der Waals surface area contributed by atoms with E-state index in [-0.39, 0.29) is 0 Å². The predicted molar refractivity (Wildman–Crippen MR) is 240 cm³/mol. The van der Waals surface area contributed by atoms with Crippen LogP contribution in [0.1, 0.15) is 18.2 Å². The van der Waals surface area contributed by atoms with E-state index in [1.54, 1.807) is 0 Å². The fourth-order valence-corrected chi connectivity index (χ4v) is 8.18. The summed E-state index contributed by atoms with van der Waals surface area (Å²) in [6.45, 7) is 6.31. The van der Waals surface area contributed by atoms with Gasteiger partial charge in [0, 0.05) is 44.6 Å². The molecular formula is C53H38N4. The molecule has 0 fully saturated rings. The van der Waals surface area contributed by atoms with Gasteiger partial charge in [0.1, 0.15) is 5.82 Å². The SMILES string of the molecule is C=Cc1c(/C=C\C)n(-c2ccc(-c3ccccc3)cc2)c2cc(-c3ccc4c(c3)c3ccccc3n4-c3cc(-c4ccccc4)nc(-c4ccccc4)n3)ccc12. The Hall–Kier alpha value is -7.56. The molecule has 0 atom stereocenters. The van der Waals surface area contributed by atoms with Gasteiger partial charge in [-0.2, -0.15) is 0 Å². The van der Waals surface area contributed by atoms with Crippen molar-refractivity contribution in [1.82, 2.24) is 19.1 Å². The Morgan fingerprint density at radius 2 is 1.05 bits per heavy atom. The Morgan fingerprint density at radius 1 is 0.456 bits per heavy atom. The van der Waals surface area contributed by atoms with Crippen molar-refractivity contribution in [3.05, 3.63) is 206 Å². The van der Waals surface area contributed by atoms with E-state index in [1.165, 1.54) is 21.9 Å². The molecule has 4 heteroatoms. The van der Waals surface area contributed by atoms with Gasteiger partial charge in [0.25, 0.3) is 0 Å². The molecule has 10 rings (SSSR count). The fraction of sp³-hybridized carbons (Fsp3) is 0.0189. The van der Waals surface area contributed by atoms with Crippen LogP contribution in [0.4, 0.5) is 0 Å². The monoisotopic (exact) mass is 730 g/mol. The highest BCUT2D eigenvalue weighted by molar-refractivity contribution is 6.10. The molecule has 0 saturated heterocycles. The van der Waals surface area contributed by atoms with Gasteiger partial charge in [-0.25, -0.2) is 9.97 Å². The lowest BCUT2D eigenvalue weighted by Crippen LogP contribution is -2.02. The molecule has 0 spiro atoms. The molecule has 57 heavy (non-hydrogen) atoms. The zero-order chi connectivity index (χ0) is 38.3. The predicted octanol–water partition coefficient (Wildman–Crippen LogP) is 13.9. The lowest BCUT2D eigenvalue weighted by molar-refractivity contribution is 1.05. The van der Waals surface area contributed by atoms with Crippen molar-refractivity contribution in [3.8, 4) is 56.4 Å². The molecular weight excluding hydrogens is 693 g/mol. The van der Waals surface area contributed by atoms with E-state index in [4.69, 9.17) is 9.97 Å². The van der Waals surface area contributed by atoms with Crippen LogP contribution >= 0.6 is 0 Å². The maximum atomic E-state index is 5.22. The average molecular weight is 731 g/mol. The topological polar surface area (TPSA) is 35.6 Å². The third kappa shape index (κ3) is 5.96. The summed E-state index contributed by atoms with van der Waals surface area (Å²) in [5.41, 5.74) is 14.2. The van der Waals surface area contributed by atoms with Crippen LogP contribution in [0.15, 0.2) is 195 Å². The summed E-state index contributed by atoms with van der Waals surface area (Å²) in [6, 6.07) is 64.3. The minimum Gasteiger partial charge on any atom is -0.309 e. The normalized spacial score (nSPS) is 11.6. The summed E-state index contributed by atoms with van der Waals surface area (Å²) < 4.78 is 4.64. The fourth-order valence-electron chi connectivity index (χ4n) is 8.18. The highest BCUT2D eigenvalue weighted by Crippen LogP contribution is 2.39. The molecule has 0 bridgehead atoms. The number of allylic oxidation sites excluding steroid dienone is 1. The molecule has 3 heterocycles. The molecule has 7 aromatic carbocycles. The highest BCUT2D eigenvalue weighted by Gasteiger charge is 2.19. The van der Waals surface area contributed by atoms with Gasteiger partial charge in [0.15, 0.2) is 5.82 Å². The summed E-state index contributed by atoms with van der Waals surface area (Å²) in [7, 11) is 0. The van der Waals surface area contributed by atoms with Gasteiger partial charge in [0.05, 0.1) is 27.9 Å². The first-order chi connectivity index (χ1) is 28.2. The van der Waals surface area contributed by atoms with Crippen molar-refractivity contribution in [2.24, 2.45) is 0 Å². The summed E-state index contributed by atoms with van der Waals surface area (Å²) in [4.78, 5) is 10.3. The molecule has 4 nitrogen and oxygen atoms in total. The number of hydrogen-bond acceptors (Lipinski definition) is 2. The van der Waals surface area contributed by atoms with Crippen molar-refractivity contribution >= 4 is 44.9 Å². The van der Waals surface area contributed by atoms with Crippen molar-refractivity contribution in [2.75, 3.05) is 0 Å². The molecule has 0 N–H and O–H groups in total. The number of benzene rings is 7. The Bertz CT molecular complexity index is 3060. The van der Waals surface area contributed by atoms with Crippen LogP contribution in [0.2, 0.25) is 0 Å². The van der Waals surface area contributed by atoms with E-state index in [0.29, 0.717) is 5.82 Å². The Kier molecular flexibility index (Phi) is 8.50. The molecule has 0 aliphatic carbocycles. The van der Waals surface area contributed by atoms with Gasteiger partial charge >= 0.3 is 0 Å². The molecule has 0 aliphatic rings. The summed E-state index contributed by atoms with van der Waals surface area (Å²) in [6.07, 6.45) is 6.26. The van der Waals surface area contributed by atoms with Crippen LogP contribution < -0.4 is 0 Å². The first kappa shape index (κ1) is 34.0. The van der Waals surface area contributed by atoms with Crippen molar-refractivity contribution < 1.29 is 0 Å². The lowest BCUT2D eigenvalue weighted by atomic mass is 10.0. The molecule has 0 radical (unpaired) electrons. The van der Waals surface area contributed by atoms with E-state index >= 15 is 0 Å². The van der Waals surface area contributed by atoms with Crippen molar-refractivity contribution in [1.29, 1.82) is 0 Å². The molecule has 0 amide bonds. The summed E-state index contributed by atoms with van der Waals surface area (Å²) in [5, 5.41) is 3.50. The van der Waals surface area contributed by atoms with Gasteiger partial charge in [-0.1, -0.05) is 158 Å². The van der Waals surface area contributed by atoms with Crippen LogP contribution in [0.5, 0.6) is 0 Å². The minimum atomic E-state index is 0.691. The van der Waals surface area contributed by atoms with Crippen molar-refractivity contribution in [2.45, 2.75) is 6.92 Å². The number of nitrogens with zero attached hydrogens (tertiary/aromatic N) is 4. The third-order valence-electron chi connectivity index (χ3n) is 10.9. The second-order valence-electron chi connectivity index (χ2n) is 14.2. The van der Waals surface area contributed by atoms with Crippen LogP contribution in [-0.4, -0.2) is 19.1 Å². The van der Waals surface area contributed by atoms with E-state index in [0.717, 1.165) is 72.6 Å². The Labute approximate surface area is 332 Å². The standard InChI is InChI=1S/C53H38N4/c1-3-16-48-43(4-2)45-31-27-41(34-51(45)56(48)42-29-25-37(26-30-42)36-17-8-5-9-18-36)40-28-32-50-46(33-40)44-23-14-15-24-49(44)57(50)52-35-47(38-19-10-6-11-20-38)54-53(55-52)39-21-12-7-13-22-39/h3-35H,2H2,1H3/b16-3-. The minimum absolute atomic E-state index is 0.691. The molecule has 0 unspecified atom stereocenters. The number of fused-ring (bicyclic) bond motifs is 4. The number of aromatic nitrogens is 4. The quantitative estimate of drug-likeness (QED) is 0.156. The van der Waals surface area contributed by atoms with Crippen LogP contribution in [-0.2, 0) is 0 Å². The molecule has 0 aliphatic heterocycles. The van der Waals surface area contributed by atoms with Gasteiger partial charge < -0.3 is 4.57 Å².